The van der Waals surface area contributed by atoms with Crippen LogP contribution in [0, 0.1) is 6.92 Å². The van der Waals surface area contributed by atoms with Gasteiger partial charge in [0.05, 0.1) is 26.4 Å². The SMILES string of the molecule is Cc1cc(N)nn1CC1COCCO1. The van der Waals surface area contributed by atoms with E-state index in [1.807, 2.05) is 17.7 Å². The van der Waals surface area contributed by atoms with Gasteiger partial charge in [-0.25, -0.2) is 0 Å². The van der Waals surface area contributed by atoms with E-state index in [0.29, 0.717) is 32.2 Å². The van der Waals surface area contributed by atoms with Crippen LogP contribution in [-0.4, -0.2) is 35.7 Å². The van der Waals surface area contributed by atoms with E-state index in [0.717, 1.165) is 5.69 Å². The Balaban J connectivity index is 1.98. The molecule has 1 aliphatic heterocycles. The number of hydrogen-bond acceptors (Lipinski definition) is 4. The average molecular weight is 197 g/mol. The molecule has 0 spiro atoms. The van der Waals surface area contributed by atoms with Crippen LogP contribution in [0.2, 0.25) is 0 Å². The third kappa shape index (κ3) is 2.05. The van der Waals surface area contributed by atoms with Crippen molar-refractivity contribution in [1.29, 1.82) is 0 Å². The fourth-order valence-corrected chi connectivity index (χ4v) is 1.56. The molecular formula is C9H15N3O2. The lowest BCUT2D eigenvalue weighted by molar-refractivity contribution is -0.0947. The van der Waals surface area contributed by atoms with E-state index in [1.165, 1.54) is 0 Å². The monoisotopic (exact) mass is 197 g/mol. The Labute approximate surface area is 82.8 Å². The Kier molecular flexibility index (Phi) is 2.69. The summed E-state index contributed by atoms with van der Waals surface area (Å²) in [5.41, 5.74) is 6.63. The van der Waals surface area contributed by atoms with Crippen LogP contribution in [0.3, 0.4) is 0 Å². The summed E-state index contributed by atoms with van der Waals surface area (Å²) in [6, 6.07) is 1.85. The standard InChI is InChI=1S/C9H15N3O2/c1-7-4-9(10)11-12(7)5-8-6-13-2-3-14-8/h4,8H,2-3,5-6H2,1H3,(H2,10,11). The van der Waals surface area contributed by atoms with Crippen molar-refractivity contribution >= 4 is 5.82 Å². The van der Waals surface area contributed by atoms with E-state index in [1.54, 1.807) is 0 Å². The summed E-state index contributed by atoms with van der Waals surface area (Å²) in [6.45, 7) is 4.69. The first-order valence-corrected chi connectivity index (χ1v) is 4.75. The molecule has 0 bridgehead atoms. The maximum Gasteiger partial charge on any atom is 0.145 e. The first kappa shape index (κ1) is 9.48. The lowest BCUT2D eigenvalue weighted by atomic mass is 10.3. The van der Waals surface area contributed by atoms with Crippen LogP contribution >= 0.6 is 0 Å². The minimum Gasteiger partial charge on any atom is -0.382 e. The maximum absolute atomic E-state index is 5.58. The highest BCUT2D eigenvalue weighted by molar-refractivity contribution is 5.28. The number of hydrogen-bond donors (Lipinski definition) is 1. The minimum absolute atomic E-state index is 0.0988. The van der Waals surface area contributed by atoms with Crippen molar-refractivity contribution in [2.24, 2.45) is 0 Å². The molecule has 1 atom stereocenters. The van der Waals surface area contributed by atoms with Gasteiger partial charge in [0.25, 0.3) is 0 Å². The fourth-order valence-electron chi connectivity index (χ4n) is 1.56. The Morgan fingerprint density at radius 3 is 3.07 bits per heavy atom. The second-order valence-electron chi connectivity index (χ2n) is 3.46. The predicted octanol–water partition coefficient (Wildman–Crippen LogP) is 0.189. The third-order valence-corrected chi connectivity index (χ3v) is 2.26. The molecule has 0 saturated carbocycles. The molecular weight excluding hydrogens is 182 g/mol. The molecule has 5 heteroatoms. The van der Waals surface area contributed by atoms with Crippen LogP contribution in [-0.2, 0) is 16.0 Å². The number of anilines is 1. The van der Waals surface area contributed by atoms with Gasteiger partial charge in [-0.15, -0.1) is 0 Å². The maximum atomic E-state index is 5.58. The van der Waals surface area contributed by atoms with E-state index in [9.17, 15) is 0 Å². The molecule has 1 unspecified atom stereocenters. The zero-order valence-corrected chi connectivity index (χ0v) is 8.27. The molecule has 0 radical (unpaired) electrons. The molecule has 1 fully saturated rings. The summed E-state index contributed by atoms with van der Waals surface area (Å²) in [7, 11) is 0. The van der Waals surface area contributed by atoms with Crippen molar-refractivity contribution in [3.05, 3.63) is 11.8 Å². The van der Waals surface area contributed by atoms with Crippen LogP contribution in [0.1, 0.15) is 5.69 Å². The van der Waals surface area contributed by atoms with Crippen molar-refractivity contribution in [1.82, 2.24) is 9.78 Å². The van der Waals surface area contributed by atoms with Crippen LogP contribution in [0.4, 0.5) is 5.82 Å². The highest BCUT2D eigenvalue weighted by Crippen LogP contribution is 2.08. The van der Waals surface area contributed by atoms with Gasteiger partial charge in [-0.2, -0.15) is 5.10 Å². The van der Waals surface area contributed by atoms with Gasteiger partial charge in [-0.05, 0) is 6.92 Å². The molecule has 0 amide bonds. The van der Waals surface area contributed by atoms with E-state index < -0.39 is 0 Å². The van der Waals surface area contributed by atoms with Crippen LogP contribution in [0.15, 0.2) is 6.07 Å². The minimum atomic E-state index is 0.0988. The van der Waals surface area contributed by atoms with Crippen molar-refractivity contribution < 1.29 is 9.47 Å². The van der Waals surface area contributed by atoms with E-state index in [4.69, 9.17) is 15.2 Å². The topological polar surface area (TPSA) is 62.3 Å². The molecule has 0 aliphatic carbocycles. The highest BCUT2D eigenvalue weighted by Gasteiger charge is 2.16. The highest BCUT2D eigenvalue weighted by atomic mass is 16.6. The number of ether oxygens (including phenoxy) is 2. The Morgan fingerprint density at radius 2 is 2.50 bits per heavy atom. The third-order valence-electron chi connectivity index (χ3n) is 2.26. The number of aromatic nitrogens is 2. The molecule has 1 aliphatic rings. The zero-order chi connectivity index (χ0) is 9.97. The molecule has 5 nitrogen and oxygen atoms in total. The van der Waals surface area contributed by atoms with E-state index in [-0.39, 0.29) is 6.10 Å². The van der Waals surface area contributed by atoms with Crippen molar-refractivity contribution in [3.63, 3.8) is 0 Å². The molecule has 1 saturated heterocycles. The summed E-state index contributed by atoms with van der Waals surface area (Å²) in [4.78, 5) is 0. The quantitative estimate of drug-likeness (QED) is 0.735. The molecule has 78 valence electrons. The Hall–Kier alpha value is -1.07. The normalized spacial score (nSPS) is 22.5. The second kappa shape index (κ2) is 3.98. The largest absolute Gasteiger partial charge is 0.382 e. The van der Waals surface area contributed by atoms with Gasteiger partial charge in [0, 0.05) is 11.8 Å². The zero-order valence-electron chi connectivity index (χ0n) is 8.27. The van der Waals surface area contributed by atoms with Crippen LogP contribution in [0.25, 0.3) is 0 Å². The molecule has 2 N–H and O–H groups in total. The Morgan fingerprint density at radius 1 is 1.64 bits per heavy atom. The van der Waals surface area contributed by atoms with Gasteiger partial charge < -0.3 is 15.2 Å². The van der Waals surface area contributed by atoms with Crippen LogP contribution < -0.4 is 5.73 Å². The molecule has 1 aromatic rings. The van der Waals surface area contributed by atoms with Crippen molar-refractivity contribution in [2.75, 3.05) is 25.6 Å². The van der Waals surface area contributed by atoms with E-state index >= 15 is 0 Å². The first-order valence-electron chi connectivity index (χ1n) is 4.75. The molecule has 0 aromatic carbocycles. The van der Waals surface area contributed by atoms with Gasteiger partial charge in [-0.3, -0.25) is 4.68 Å². The van der Waals surface area contributed by atoms with Crippen LogP contribution in [0.5, 0.6) is 0 Å². The van der Waals surface area contributed by atoms with Gasteiger partial charge in [0.15, 0.2) is 0 Å². The molecule has 1 aromatic heterocycles. The van der Waals surface area contributed by atoms with Gasteiger partial charge in [-0.1, -0.05) is 0 Å². The summed E-state index contributed by atoms with van der Waals surface area (Å²) < 4.78 is 12.7. The second-order valence-corrected chi connectivity index (χ2v) is 3.46. The lowest BCUT2D eigenvalue weighted by Crippen LogP contribution is -2.32. The van der Waals surface area contributed by atoms with Gasteiger partial charge in [0.2, 0.25) is 0 Å². The molecule has 14 heavy (non-hydrogen) atoms. The molecule has 2 rings (SSSR count). The average Bonchev–Trinajstić information content (AvgIpc) is 2.47. The summed E-state index contributed by atoms with van der Waals surface area (Å²) in [5, 5.41) is 4.16. The fraction of sp³-hybridized carbons (Fsp3) is 0.667. The number of nitrogens with zero attached hydrogens (tertiary/aromatic N) is 2. The first-order chi connectivity index (χ1) is 6.75. The Bertz CT molecular complexity index is 305. The van der Waals surface area contributed by atoms with Gasteiger partial charge >= 0.3 is 0 Å². The summed E-state index contributed by atoms with van der Waals surface area (Å²) in [5.74, 6) is 0.555. The molecule has 2 heterocycles. The number of nitrogens with two attached hydrogens (primary N) is 1. The summed E-state index contributed by atoms with van der Waals surface area (Å²) in [6.07, 6.45) is 0.0988. The number of rotatable bonds is 2. The summed E-state index contributed by atoms with van der Waals surface area (Å²) >= 11 is 0. The van der Waals surface area contributed by atoms with Crippen molar-refractivity contribution in [3.8, 4) is 0 Å². The lowest BCUT2D eigenvalue weighted by Gasteiger charge is -2.23. The smallest absolute Gasteiger partial charge is 0.145 e. The number of aryl methyl sites for hydroxylation is 1. The number of nitrogen functional groups attached to an aromatic ring is 1. The van der Waals surface area contributed by atoms with Gasteiger partial charge in [0.1, 0.15) is 11.9 Å². The van der Waals surface area contributed by atoms with Crippen molar-refractivity contribution in [2.45, 2.75) is 19.6 Å². The predicted molar refractivity (Wildman–Crippen MR) is 51.9 cm³/mol. The van der Waals surface area contributed by atoms with E-state index in [2.05, 4.69) is 5.10 Å².